The second-order valence-electron chi connectivity index (χ2n) is 2.88. The Bertz CT molecular complexity index is 438. The standard InChI is InChI=1S/C9H8BrNOS/c1-5(12)9-7-3-2-6(10)4-8(7)13-11-9/h2-5,12H,1H3. The Labute approximate surface area is 88.5 Å². The number of benzene rings is 1. The van der Waals surface area contributed by atoms with Gasteiger partial charge < -0.3 is 5.11 Å². The van der Waals surface area contributed by atoms with E-state index in [1.54, 1.807) is 6.92 Å². The number of fused-ring (bicyclic) bond motifs is 1. The van der Waals surface area contributed by atoms with E-state index in [1.165, 1.54) is 11.5 Å². The zero-order valence-corrected chi connectivity index (χ0v) is 9.39. The van der Waals surface area contributed by atoms with Crippen LogP contribution in [0.15, 0.2) is 22.7 Å². The lowest BCUT2D eigenvalue weighted by Crippen LogP contribution is -1.90. The lowest BCUT2D eigenvalue weighted by Gasteiger charge is -1.99. The monoisotopic (exact) mass is 257 g/mol. The summed E-state index contributed by atoms with van der Waals surface area (Å²) in [7, 11) is 0. The Hall–Kier alpha value is -0.450. The summed E-state index contributed by atoms with van der Waals surface area (Å²) in [6.07, 6.45) is -0.491. The summed E-state index contributed by atoms with van der Waals surface area (Å²) in [5, 5.41) is 10.5. The average Bonchev–Trinajstić information content (AvgIpc) is 2.46. The van der Waals surface area contributed by atoms with Crippen LogP contribution in [0.1, 0.15) is 18.7 Å². The van der Waals surface area contributed by atoms with Gasteiger partial charge in [0.2, 0.25) is 0 Å². The molecule has 0 amide bonds. The highest BCUT2D eigenvalue weighted by molar-refractivity contribution is 9.10. The van der Waals surface area contributed by atoms with Gasteiger partial charge >= 0.3 is 0 Å². The summed E-state index contributed by atoms with van der Waals surface area (Å²) >= 11 is 4.81. The minimum atomic E-state index is -0.491. The van der Waals surface area contributed by atoms with Crippen molar-refractivity contribution in [2.45, 2.75) is 13.0 Å². The number of aliphatic hydroxyl groups is 1. The highest BCUT2D eigenvalue weighted by atomic mass is 79.9. The van der Waals surface area contributed by atoms with Gasteiger partial charge in [0.15, 0.2) is 0 Å². The largest absolute Gasteiger partial charge is 0.387 e. The first-order valence-electron chi connectivity index (χ1n) is 3.91. The van der Waals surface area contributed by atoms with E-state index in [2.05, 4.69) is 20.3 Å². The molecule has 1 aromatic carbocycles. The first-order chi connectivity index (χ1) is 6.18. The molecule has 13 heavy (non-hydrogen) atoms. The molecule has 2 nitrogen and oxygen atoms in total. The van der Waals surface area contributed by atoms with E-state index < -0.39 is 6.10 Å². The molecule has 0 spiro atoms. The molecule has 0 radical (unpaired) electrons. The molecule has 1 N–H and O–H groups in total. The van der Waals surface area contributed by atoms with Crippen LogP contribution in [0.3, 0.4) is 0 Å². The van der Waals surface area contributed by atoms with Crippen LogP contribution in [0.25, 0.3) is 10.1 Å². The van der Waals surface area contributed by atoms with Crippen LogP contribution >= 0.6 is 27.5 Å². The van der Waals surface area contributed by atoms with Crippen molar-refractivity contribution in [2.24, 2.45) is 0 Å². The smallest absolute Gasteiger partial charge is 0.0948 e. The highest BCUT2D eigenvalue weighted by Gasteiger charge is 2.10. The molecule has 0 saturated carbocycles. The van der Waals surface area contributed by atoms with Crippen molar-refractivity contribution in [1.82, 2.24) is 4.37 Å². The molecule has 0 fully saturated rings. The third-order valence-corrected chi connectivity index (χ3v) is 3.17. The fourth-order valence-electron chi connectivity index (χ4n) is 1.23. The number of hydrogen-bond donors (Lipinski definition) is 1. The van der Waals surface area contributed by atoms with Gasteiger partial charge in [0.25, 0.3) is 0 Å². The number of hydrogen-bond acceptors (Lipinski definition) is 3. The van der Waals surface area contributed by atoms with Crippen molar-refractivity contribution in [3.8, 4) is 0 Å². The zero-order chi connectivity index (χ0) is 9.42. The molecule has 68 valence electrons. The molecule has 2 aromatic rings. The first kappa shape index (κ1) is 9.12. The third-order valence-electron chi connectivity index (χ3n) is 1.86. The van der Waals surface area contributed by atoms with Crippen molar-refractivity contribution in [2.75, 3.05) is 0 Å². The van der Waals surface area contributed by atoms with Gasteiger partial charge in [-0.05, 0) is 30.6 Å². The van der Waals surface area contributed by atoms with Crippen molar-refractivity contribution in [1.29, 1.82) is 0 Å². The maximum absolute atomic E-state index is 9.41. The summed E-state index contributed by atoms with van der Waals surface area (Å²) in [5.74, 6) is 0. The Morgan fingerprint density at radius 2 is 2.31 bits per heavy atom. The van der Waals surface area contributed by atoms with Crippen LogP contribution in [-0.2, 0) is 0 Å². The van der Waals surface area contributed by atoms with E-state index in [9.17, 15) is 5.11 Å². The molecule has 0 saturated heterocycles. The van der Waals surface area contributed by atoms with Crippen molar-refractivity contribution in [3.05, 3.63) is 28.4 Å². The molecule has 1 atom stereocenters. The van der Waals surface area contributed by atoms with Crippen LogP contribution in [0.5, 0.6) is 0 Å². The number of nitrogens with zero attached hydrogens (tertiary/aromatic N) is 1. The second-order valence-corrected chi connectivity index (χ2v) is 4.60. The molecule has 2 rings (SSSR count). The maximum Gasteiger partial charge on any atom is 0.0948 e. The molecule has 0 aliphatic rings. The van der Waals surface area contributed by atoms with E-state index in [0.717, 1.165) is 20.3 Å². The van der Waals surface area contributed by atoms with Gasteiger partial charge in [-0.15, -0.1) is 0 Å². The molecule has 1 unspecified atom stereocenters. The van der Waals surface area contributed by atoms with E-state index in [1.807, 2.05) is 18.2 Å². The summed E-state index contributed by atoms with van der Waals surface area (Å²) in [6.45, 7) is 1.73. The second kappa shape index (κ2) is 3.36. The summed E-state index contributed by atoms with van der Waals surface area (Å²) in [6, 6.07) is 5.95. The van der Waals surface area contributed by atoms with Crippen molar-refractivity contribution in [3.63, 3.8) is 0 Å². The summed E-state index contributed by atoms with van der Waals surface area (Å²) < 4.78 is 6.35. The Morgan fingerprint density at radius 3 is 3.00 bits per heavy atom. The Balaban J connectivity index is 2.69. The SMILES string of the molecule is CC(O)c1nsc2cc(Br)ccc12. The third kappa shape index (κ3) is 1.61. The fourth-order valence-corrected chi connectivity index (χ4v) is 2.64. The normalized spacial score (nSPS) is 13.5. The van der Waals surface area contributed by atoms with Gasteiger partial charge in [-0.2, -0.15) is 4.37 Å². The molecule has 4 heteroatoms. The highest BCUT2D eigenvalue weighted by Crippen LogP contribution is 2.29. The van der Waals surface area contributed by atoms with Crippen LogP contribution in [0.4, 0.5) is 0 Å². The van der Waals surface area contributed by atoms with E-state index in [4.69, 9.17) is 0 Å². The van der Waals surface area contributed by atoms with E-state index in [-0.39, 0.29) is 0 Å². The molecule has 1 aromatic heterocycles. The van der Waals surface area contributed by atoms with Gasteiger partial charge in [0.1, 0.15) is 0 Å². The average molecular weight is 258 g/mol. The van der Waals surface area contributed by atoms with Crippen molar-refractivity contribution >= 4 is 37.5 Å². The van der Waals surface area contributed by atoms with Crippen LogP contribution < -0.4 is 0 Å². The number of halogens is 1. The zero-order valence-electron chi connectivity index (χ0n) is 6.99. The topological polar surface area (TPSA) is 33.1 Å². The fraction of sp³-hybridized carbons (Fsp3) is 0.222. The Morgan fingerprint density at radius 1 is 1.54 bits per heavy atom. The molecular weight excluding hydrogens is 250 g/mol. The first-order valence-corrected chi connectivity index (χ1v) is 5.48. The number of aromatic nitrogens is 1. The summed E-state index contributed by atoms with van der Waals surface area (Å²) in [5.41, 5.74) is 0.771. The van der Waals surface area contributed by atoms with Crippen LogP contribution in [0, 0.1) is 0 Å². The minimum Gasteiger partial charge on any atom is -0.387 e. The van der Waals surface area contributed by atoms with Gasteiger partial charge in [-0.3, -0.25) is 0 Å². The van der Waals surface area contributed by atoms with Crippen molar-refractivity contribution < 1.29 is 5.11 Å². The van der Waals surface area contributed by atoms with Gasteiger partial charge in [-0.1, -0.05) is 22.0 Å². The minimum absolute atomic E-state index is 0.491. The summed E-state index contributed by atoms with van der Waals surface area (Å²) in [4.78, 5) is 0. The number of rotatable bonds is 1. The van der Waals surface area contributed by atoms with E-state index >= 15 is 0 Å². The number of aliphatic hydroxyl groups excluding tert-OH is 1. The molecule has 1 heterocycles. The van der Waals surface area contributed by atoms with Crippen LogP contribution in [0.2, 0.25) is 0 Å². The van der Waals surface area contributed by atoms with Gasteiger partial charge in [0.05, 0.1) is 16.5 Å². The predicted molar refractivity (Wildman–Crippen MR) is 58.0 cm³/mol. The van der Waals surface area contributed by atoms with Crippen LogP contribution in [-0.4, -0.2) is 9.48 Å². The predicted octanol–water partition coefficient (Wildman–Crippen LogP) is 3.11. The van der Waals surface area contributed by atoms with E-state index in [0.29, 0.717) is 0 Å². The Kier molecular flexibility index (Phi) is 2.36. The quantitative estimate of drug-likeness (QED) is 0.852. The molecule has 0 bridgehead atoms. The molecule has 0 aliphatic carbocycles. The maximum atomic E-state index is 9.41. The van der Waals surface area contributed by atoms with Gasteiger partial charge in [-0.25, -0.2) is 0 Å². The molecular formula is C9H8BrNOS. The molecule has 0 aliphatic heterocycles. The van der Waals surface area contributed by atoms with Gasteiger partial charge in [0, 0.05) is 9.86 Å². The lowest BCUT2D eigenvalue weighted by molar-refractivity contribution is 0.197. The lowest BCUT2D eigenvalue weighted by atomic mass is 10.2.